The molecule has 1 aromatic heterocycles. The molecule has 0 aliphatic heterocycles. The molecule has 0 saturated carbocycles. The standard InChI is InChI=1S/C24H26F2N4O3/c1-24(2,12-14-5-7-16(23(28)33)22(27)29-14)21(32)17-11-15(6-9-20(17)31)30(3)19-8-4-13(25)10-18(19)26/h4-11,21,31-32H,12H2,1-3H3,(H2,27,29)(H2,28,33). The van der Waals surface area contributed by atoms with E-state index in [1.165, 1.54) is 23.1 Å². The summed E-state index contributed by atoms with van der Waals surface area (Å²) in [7, 11) is 1.59. The van der Waals surface area contributed by atoms with Crippen molar-refractivity contribution in [1.82, 2.24) is 4.98 Å². The topological polar surface area (TPSA) is 126 Å². The van der Waals surface area contributed by atoms with Gasteiger partial charge in [-0.25, -0.2) is 13.8 Å². The summed E-state index contributed by atoms with van der Waals surface area (Å²) in [5.41, 5.74) is 11.7. The van der Waals surface area contributed by atoms with Crippen molar-refractivity contribution < 1.29 is 23.8 Å². The van der Waals surface area contributed by atoms with Gasteiger partial charge in [-0.15, -0.1) is 0 Å². The summed E-state index contributed by atoms with van der Waals surface area (Å²) < 4.78 is 27.5. The first kappa shape index (κ1) is 23.9. The van der Waals surface area contributed by atoms with Gasteiger partial charge in [-0.3, -0.25) is 4.79 Å². The van der Waals surface area contributed by atoms with Crippen molar-refractivity contribution in [3.05, 3.63) is 77.0 Å². The highest BCUT2D eigenvalue weighted by Gasteiger charge is 2.32. The Balaban J connectivity index is 1.90. The van der Waals surface area contributed by atoms with Gasteiger partial charge >= 0.3 is 0 Å². The van der Waals surface area contributed by atoms with Gasteiger partial charge in [0, 0.05) is 35.5 Å². The average Bonchev–Trinajstić information content (AvgIpc) is 2.72. The molecule has 174 valence electrons. The minimum atomic E-state index is -1.14. The molecule has 1 heterocycles. The largest absolute Gasteiger partial charge is 0.508 e. The molecule has 0 bridgehead atoms. The first-order valence-corrected chi connectivity index (χ1v) is 10.2. The number of aliphatic hydroxyl groups excluding tert-OH is 1. The van der Waals surface area contributed by atoms with Crippen molar-refractivity contribution in [1.29, 1.82) is 0 Å². The normalized spacial score (nSPS) is 12.4. The molecule has 0 aliphatic rings. The maximum absolute atomic E-state index is 14.2. The summed E-state index contributed by atoms with van der Waals surface area (Å²) in [5.74, 6) is -2.25. The van der Waals surface area contributed by atoms with E-state index in [4.69, 9.17) is 11.5 Å². The molecule has 3 rings (SSSR count). The SMILES string of the molecule is CN(c1ccc(O)c(C(O)C(C)(C)Cc2ccc(C(N)=O)c(N)n2)c1)c1ccc(F)cc1F. The number of amides is 1. The predicted molar refractivity (Wildman–Crippen MR) is 122 cm³/mol. The van der Waals surface area contributed by atoms with Crippen LogP contribution in [0, 0.1) is 17.0 Å². The Kier molecular flexibility index (Phi) is 6.55. The third-order valence-corrected chi connectivity index (χ3v) is 5.59. The van der Waals surface area contributed by atoms with Crippen LogP contribution in [0.15, 0.2) is 48.5 Å². The highest BCUT2D eigenvalue weighted by Crippen LogP contribution is 2.42. The molecule has 0 fully saturated rings. The van der Waals surface area contributed by atoms with Gasteiger partial charge in [0.1, 0.15) is 23.2 Å². The van der Waals surface area contributed by atoms with Gasteiger partial charge in [0.15, 0.2) is 0 Å². The van der Waals surface area contributed by atoms with E-state index >= 15 is 0 Å². The molecule has 7 nitrogen and oxygen atoms in total. The molecule has 33 heavy (non-hydrogen) atoms. The van der Waals surface area contributed by atoms with Crippen LogP contribution in [0.3, 0.4) is 0 Å². The smallest absolute Gasteiger partial charge is 0.252 e. The van der Waals surface area contributed by atoms with Crippen molar-refractivity contribution in [2.24, 2.45) is 11.1 Å². The molecule has 1 atom stereocenters. The lowest BCUT2D eigenvalue weighted by Gasteiger charge is -2.32. The zero-order valence-electron chi connectivity index (χ0n) is 18.5. The number of aromatic hydroxyl groups is 1. The number of hydrogen-bond donors (Lipinski definition) is 4. The van der Waals surface area contributed by atoms with Crippen molar-refractivity contribution in [2.45, 2.75) is 26.4 Å². The number of nitrogens with two attached hydrogens (primary N) is 2. The van der Waals surface area contributed by atoms with E-state index in [0.717, 1.165) is 12.1 Å². The van der Waals surface area contributed by atoms with Gasteiger partial charge in [0.25, 0.3) is 5.91 Å². The minimum Gasteiger partial charge on any atom is -0.508 e. The second kappa shape index (κ2) is 9.03. The summed E-state index contributed by atoms with van der Waals surface area (Å²) in [5, 5.41) is 21.6. The minimum absolute atomic E-state index is 0.00177. The number of phenolic OH excluding ortho intramolecular Hbond substituents is 1. The van der Waals surface area contributed by atoms with Gasteiger partial charge in [0.2, 0.25) is 0 Å². The number of primary amides is 1. The first-order chi connectivity index (χ1) is 15.4. The number of phenols is 1. The Bertz CT molecular complexity index is 1200. The molecule has 0 saturated heterocycles. The van der Waals surface area contributed by atoms with Crippen LogP contribution in [-0.2, 0) is 6.42 Å². The Labute approximate surface area is 190 Å². The number of carbonyl (C=O) groups excluding carboxylic acids is 1. The molecule has 1 amide bonds. The van der Waals surface area contributed by atoms with Crippen LogP contribution < -0.4 is 16.4 Å². The Morgan fingerprint density at radius 2 is 1.85 bits per heavy atom. The second-order valence-electron chi connectivity index (χ2n) is 8.57. The number of hydrogen-bond acceptors (Lipinski definition) is 6. The number of aliphatic hydroxyl groups is 1. The average molecular weight is 456 g/mol. The highest BCUT2D eigenvalue weighted by atomic mass is 19.1. The van der Waals surface area contributed by atoms with Crippen molar-refractivity contribution in [2.75, 3.05) is 17.7 Å². The fourth-order valence-electron chi connectivity index (χ4n) is 3.67. The zero-order valence-corrected chi connectivity index (χ0v) is 18.5. The summed E-state index contributed by atoms with van der Waals surface area (Å²) in [6.45, 7) is 3.57. The summed E-state index contributed by atoms with van der Waals surface area (Å²) in [6.07, 6.45) is -0.869. The molecule has 6 N–H and O–H groups in total. The van der Waals surface area contributed by atoms with Crippen LogP contribution in [0.5, 0.6) is 5.75 Å². The lowest BCUT2D eigenvalue weighted by atomic mass is 9.78. The molecule has 2 aromatic carbocycles. The predicted octanol–water partition coefficient (Wildman–Crippen LogP) is 3.82. The second-order valence-corrected chi connectivity index (χ2v) is 8.57. The Hall–Kier alpha value is -3.72. The number of nitrogens with zero attached hydrogens (tertiary/aromatic N) is 2. The fourth-order valence-corrected chi connectivity index (χ4v) is 3.67. The van der Waals surface area contributed by atoms with Crippen molar-refractivity contribution in [3.63, 3.8) is 0 Å². The zero-order chi connectivity index (χ0) is 24.5. The van der Waals surface area contributed by atoms with Crippen LogP contribution >= 0.6 is 0 Å². The van der Waals surface area contributed by atoms with E-state index in [0.29, 0.717) is 11.4 Å². The lowest BCUT2D eigenvalue weighted by molar-refractivity contribution is 0.0468. The first-order valence-electron chi connectivity index (χ1n) is 10.2. The Morgan fingerprint density at radius 3 is 2.45 bits per heavy atom. The molecular formula is C24H26F2N4O3. The number of aromatic nitrogens is 1. The monoisotopic (exact) mass is 456 g/mol. The van der Waals surface area contributed by atoms with Gasteiger partial charge in [-0.05, 0) is 48.9 Å². The third-order valence-electron chi connectivity index (χ3n) is 5.59. The third kappa shape index (κ3) is 5.04. The van der Waals surface area contributed by atoms with E-state index in [-0.39, 0.29) is 34.8 Å². The van der Waals surface area contributed by atoms with E-state index in [2.05, 4.69) is 4.98 Å². The molecule has 9 heteroatoms. The lowest BCUT2D eigenvalue weighted by Crippen LogP contribution is -2.26. The number of rotatable bonds is 7. The summed E-state index contributed by atoms with van der Waals surface area (Å²) in [4.78, 5) is 17.1. The van der Waals surface area contributed by atoms with Crippen LogP contribution in [0.1, 0.15) is 41.6 Å². The van der Waals surface area contributed by atoms with Crippen molar-refractivity contribution in [3.8, 4) is 5.75 Å². The number of halogens is 2. The van der Waals surface area contributed by atoms with E-state index < -0.39 is 29.1 Å². The molecule has 0 aliphatic carbocycles. The van der Waals surface area contributed by atoms with Crippen LogP contribution in [0.2, 0.25) is 0 Å². The van der Waals surface area contributed by atoms with E-state index in [1.54, 1.807) is 39.1 Å². The molecular weight excluding hydrogens is 430 g/mol. The maximum atomic E-state index is 14.2. The number of nitrogen functional groups attached to an aromatic ring is 1. The van der Waals surface area contributed by atoms with Gasteiger partial charge in [0.05, 0.1) is 17.4 Å². The number of pyridine rings is 1. The highest BCUT2D eigenvalue weighted by molar-refractivity contribution is 5.97. The van der Waals surface area contributed by atoms with E-state index in [1.807, 2.05) is 0 Å². The molecule has 0 spiro atoms. The molecule has 0 radical (unpaired) electrons. The quantitative estimate of drug-likeness (QED) is 0.428. The molecule has 1 unspecified atom stereocenters. The van der Waals surface area contributed by atoms with Gasteiger partial charge < -0.3 is 26.6 Å². The van der Waals surface area contributed by atoms with Crippen LogP contribution in [-0.4, -0.2) is 28.2 Å². The van der Waals surface area contributed by atoms with Crippen LogP contribution in [0.25, 0.3) is 0 Å². The fraction of sp³-hybridized carbons (Fsp3) is 0.250. The summed E-state index contributed by atoms with van der Waals surface area (Å²) >= 11 is 0. The van der Waals surface area contributed by atoms with Gasteiger partial charge in [-0.2, -0.15) is 0 Å². The number of benzene rings is 2. The summed E-state index contributed by atoms with van der Waals surface area (Å²) in [6, 6.07) is 10.8. The van der Waals surface area contributed by atoms with Crippen LogP contribution in [0.4, 0.5) is 26.0 Å². The maximum Gasteiger partial charge on any atom is 0.252 e. The molecule has 3 aromatic rings. The van der Waals surface area contributed by atoms with E-state index in [9.17, 15) is 23.8 Å². The number of carbonyl (C=O) groups is 1. The van der Waals surface area contributed by atoms with Crippen molar-refractivity contribution >= 4 is 23.1 Å². The Morgan fingerprint density at radius 1 is 1.15 bits per heavy atom. The van der Waals surface area contributed by atoms with Gasteiger partial charge in [-0.1, -0.05) is 13.8 Å². The number of anilines is 3.